The molecule has 0 aliphatic carbocycles. The molecule has 3 aromatic carbocycles. The number of benzene rings is 3. The van der Waals surface area contributed by atoms with E-state index in [0.29, 0.717) is 37.4 Å². The summed E-state index contributed by atoms with van der Waals surface area (Å²) >= 11 is 0. The summed E-state index contributed by atoms with van der Waals surface area (Å²) in [6.07, 6.45) is 0. The molecule has 1 fully saturated rings. The quantitative estimate of drug-likeness (QED) is 0.649. The Balaban J connectivity index is 1.33. The molecule has 154 valence electrons. The topological polar surface area (TPSA) is 52.7 Å². The van der Waals surface area contributed by atoms with E-state index in [1.807, 2.05) is 84.9 Å². The molecule has 5 nitrogen and oxygen atoms in total. The van der Waals surface area contributed by atoms with E-state index in [0.717, 1.165) is 11.1 Å². The average molecular weight is 409 g/mol. The number of nitrogens with one attached hydrogen (secondary N) is 1. The molecule has 1 N–H and O–H groups in total. The van der Waals surface area contributed by atoms with Gasteiger partial charge in [0.25, 0.3) is 5.91 Å². The predicted octanol–water partition coefficient (Wildman–Crippen LogP) is 4.08. The van der Waals surface area contributed by atoms with Crippen LogP contribution in [-0.2, 0) is 0 Å². The normalized spacial score (nSPS) is 13.2. The number of piperazine rings is 1. The Bertz CT molecular complexity index is 1110. The predicted molar refractivity (Wildman–Crippen MR) is 122 cm³/mol. The minimum absolute atomic E-state index is 0.00495. The average Bonchev–Trinajstić information content (AvgIpc) is 2.84. The van der Waals surface area contributed by atoms with Gasteiger partial charge in [-0.05, 0) is 42.5 Å². The first kappa shape index (κ1) is 20.2. The molecule has 0 radical (unpaired) electrons. The summed E-state index contributed by atoms with van der Waals surface area (Å²) in [5.74, 6) is 6.26. The van der Waals surface area contributed by atoms with Crippen LogP contribution >= 0.6 is 0 Å². The molecule has 0 atom stereocenters. The maximum Gasteiger partial charge on any atom is 0.321 e. The van der Waals surface area contributed by atoms with Crippen LogP contribution in [0.25, 0.3) is 0 Å². The zero-order valence-electron chi connectivity index (χ0n) is 17.1. The molecule has 0 bridgehead atoms. The van der Waals surface area contributed by atoms with Crippen LogP contribution in [0.2, 0.25) is 0 Å². The molecule has 1 saturated heterocycles. The summed E-state index contributed by atoms with van der Waals surface area (Å²) < 4.78 is 0. The minimum Gasteiger partial charge on any atom is -0.335 e. The summed E-state index contributed by atoms with van der Waals surface area (Å²) in [7, 11) is 0. The van der Waals surface area contributed by atoms with Gasteiger partial charge in [0.05, 0.1) is 0 Å². The van der Waals surface area contributed by atoms with Crippen LogP contribution in [0.4, 0.5) is 10.5 Å². The summed E-state index contributed by atoms with van der Waals surface area (Å²) in [4.78, 5) is 28.8. The lowest BCUT2D eigenvalue weighted by molar-refractivity contribution is 0.0671. The molecule has 5 heteroatoms. The van der Waals surface area contributed by atoms with Crippen LogP contribution in [0.5, 0.6) is 0 Å². The van der Waals surface area contributed by atoms with Crippen LogP contribution in [0, 0.1) is 11.8 Å². The molecule has 0 aromatic heterocycles. The Morgan fingerprint density at radius 3 is 1.97 bits per heavy atom. The van der Waals surface area contributed by atoms with Crippen LogP contribution in [-0.4, -0.2) is 47.9 Å². The third-order valence-electron chi connectivity index (χ3n) is 5.11. The van der Waals surface area contributed by atoms with Crippen LogP contribution in [0.3, 0.4) is 0 Å². The number of hydrogen-bond acceptors (Lipinski definition) is 2. The Labute approximate surface area is 182 Å². The van der Waals surface area contributed by atoms with Crippen molar-refractivity contribution in [2.45, 2.75) is 0 Å². The molecule has 1 aliphatic heterocycles. The molecular formula is C26H23N3O2. The van der Waals surface area contributed by atoms with Crippen molar-refractivity contribution in [3.05, 3.63) is 102 Å². The second kappa shape index (κ2) is 9.64. The summed E-state index contributed by atoms with van der Waals surface area (Å²) in [6.45, 7) is 2.03. The van der Waals surface area contributed by atoms with E-state index in [1.165, 1.54) is 0 Å². The van der Waals surface area contributed by atoms with Crippen molar-refractivity contribution in [1.82, 2.24) is 9.80 Å². The summed E-state index contributed by atoms with van der Waals surface area (Å²) in [5, 5.41) is 2.94. The van der Waals surface area contributed by atoms with Crippen LogP contribution in [0.1, 0.15) is 21.5 Å². The Morgan fingerprint density at radius 1 is 0.677 bits per heavy atom. The maximum absolute atomic E-state index is 12.7. The Morgan fingerprint density at radius 2 is 1.26 bits per heavy atom. The van der Waals surface area contributed by atoms with Gasteiger partial charge in [-0.25, -0.2) is 4.79 Å². The number of carbonyl (C=O) groups excluding carboxylic acids is 2. The molecule has 4 rings (SSSR count). The van der Waals surface area contributed by atoms with Gasteiger partial charge in [0.2, 0.25) is 0 Å². The zero-order valence-corrected chi connectivity index (χ0v) is 17.1. The molecule has 0 unspecified atom stereocenters. The van der Waals surface area contributed by atoms with Gasteiger partial charge in [-0.1, -0.05) is 54.3 Å². The lowest BCUT2D eigenvalue weighted by atomic mass is 10.1. The summed E-state index contributed by atoms with van der Waals surface area (Å²) in [5.41, 5.74) is 3.15. The van der Waals surface area contributed by atoms with Crippen molar-refractivity contribution in [3.63, 3.8) is 0 Å². The highest BCUT2D eigenvalue weighted by atomic mass is 16.2. The van der Waals surface area contributed by atoms with Crippen molar-refractivity contribution in [3.8, 4) is 11.8 Å². The highest BCUT2D eigenvalue weighted by Gasteiger charge is 2.24. The maximum atomic E-state index is 12.7. The molecule has 0 spiro atoms. The molecule has 3 aromatic rings. The summed E-state index contributed by atoms with van der Waals surface area (Å²) in [6, 6.07) is 26.3. The molecule has 1 heterocycles. The zero-order chi connectivity index (χ0) is 21.5. The fourth-order valence-corrected chi connectivity index (χ4v) is 3.42. The van der Waals surface area contributed by atoms with Crippen molar-refractivity contribution in [2.75, 3.05) is 31.5 Å². The Kier molecular flexibility index (Phi) is 6.29. The van der Waals surface area contributed by atoms with Crippen molar-refractivity contribution in [1.29, 1.82) is 0 Å². The number of anilines is 1. The fourth-order valence-electron chi connectivity index (χ4n) is 3.42. The highest BCUT2D eigenvalue weighted by molar-refractivity contribution is 5.94. The van der Waals surface area contributed by atoms with E-state index >= 15 is 0 Å². The number of carbonyl (C=O) groups is 2. The molecule has 31 heavy (non-hydrogen) atoms. The smallest absolute Gasteiger partial charge is 0.321 e. The van der Waals surface area contributed by atoms with Crippen LogP contribution in [0.15, 0.2) is 84.9 Å². The SMILES string of the molecule is O=C(Nc1cccc(C#Cc2ccccc2)c1)N1CCN(C(=O)c2ccccc2)CC1. The second-order valence-corrected chi connectivity index (χ2v) is 7.27. The van der Waals surface area contributed by atoms with Gasteiger partial charge in [0.1, 0.15) is 0 Å². The van der Waals surface area contributed by atoms with E-state index in [2.05, 4.69) is 17.2 Å². The molecular weight excluding hydrogens is 386 g/mol. The first-order valence-electron chi connectivity index (χ1n) is 10.3. The second-order valence-electron chi connectivity index (χ2n) is 7.27. The minimum atomic E-state index is -0.167. The van der Waals surface area contributed by atoms with Crippen LogP contribution < -0.4 is 5.32 Å². The van der Waals surface area contributed by atoms with E-state index in [4.69, 9.17) is 0 Å². The van der Waals surface area contributed by atoms with E-state index in [-0.39, 0.29) is 11.9 Å². The van der Waals surface area contributed by atoms with Gasteiger partial charge in [-0.3, -0.25) is 4.79 Å². The number of nitrogens with zero attached hydrogens (tertiary/aromatic N) is 2. The lowest BCUT2D eigenvalue weighted by Crippen LogP contribution is -2.51. The van der Waals surface area contributed by atoms with Gasteiger partial charge in [0.15, 0.2) is 0 Å². The number of rotatable bonds is 2. The fraction of sp³-hybridized carbons (Fsp3) is 0.154. The van der Waals surface area contributed by atoms with Gasteiger partial charge < -0.3 is 15.1 Å². The lowest BCUT2D eigenvalue weighted by Gasteiger charge is -2.34. The van der Waals surface area contributed by atoms with Gasteiger partial charge >= 0.3 is 6.03 Å². The van der Waals surface area contributed by atoms with Gasteiger partial charge in [-0.2, -0.15) is 0 Å². The standard InChI is InChI=1S/C26H23N3O2/c30-25(23-11-5-2-6-12-23)28-16-18-29(19-17-28)26(31)27-24-13-7-10-22(20-24)15-14-21-8-3-1-4-9-21/h1-13,20H,16-19H2,(H,27,31). The number of urea groups is 1. The van der Waals surface area contributed by atoms with Crippen molar-refractivity contribution < 1.29 is 9.59 Å². The van der Waals surface area contributed by atoms with Crippen molar-refractivity contribution >= 4 is 17.6 Å². The van der Waals surface area contributed by atoms with Crippen molar-refractivity contribution in [2.24, 2.45) is 0 Å². The largest absolute Gasteiger partial charge is 0.335 e. The monoisotopic (exact) mass is 409 g/mol. The molecule has 1 aliphatic rings. The molecule has 0 saturated carbocycles. The van der Waals surface area contributed by atoms with Gasteiger partial charge in [-0.15, -0.1) is 0 Å². The Hall–Kier alpha value is -4.04. The highest BCUT2D eigenvalue weighted by Crippen LogP contribution is 2.13. The first-order valence-corrected chi connectivity index (χ1v) is 10.3. The third kappa shape index (κ3) is 5.31. The molecule has 3 amide bonds. The number of amides is 3. The van der Waals surface area contributed by atoms with E-state index in [1.54, 1.807) is 9.80 Å². The third-order valence-corrected chi connectivity index (χ3v) is 5.11. The number of hydrogen-bond donors (Lipinski definition) is 1. The van der Waals surface area contributed by atoms with E-state index in [9.17, 15) is 9.59 Å². The first-order chi connectivity index (χ1) is 15.2. The van der Waals surface area contributed by atoms with E-state index < -0.39 is 0 Å². The van der Waals surface area contributed by atoms with Gasteiger partial charge in [0, 0.05) is 48.6 Å².